The second-order valence-corrected chi connectivity index (χ2v) is 5.02. The van der Waals surface area contributed by atoms with Crippen LogP contribution in [0.25, 0.3) is 0 Å². The van der Waals surface area contributed by atoms with E-state index in [1.165, 1.54) is 36.6 Å². The zero-order chi connectivity index (χ0) is 9.26. The van der Waals surface area contributed by atoms with E-state index in [0.717, 1.165) is 17.7 Å². The maximum atomic E-state index is 11.4. The van der Waals surface area contributed by atoms with Gasteiger partial charge in [0.15, 0.2) is 0 Å². The fraction of sp³-hybridized carbons (Fsp3) is 0.556. The van der Waals surface area contributed by atoms with E-state index in [-0.39, 0.29) is 5.91 Å². The van der Waals surface area contributed by atoms with E-state index in [9.17, 15) is 4.79 Å². The van der Waals surface area contributed by atoms with Gasteiger partial charge in [0.05, 0.1) is 4.91 Å². The van der Waals surface area contributed by atoms with Crippen LogP contribution in [0.2, 0.25) is 0 Å². The van der Waals surface area contributed by atoms with E-state index in [0.29, 0.717) is 4.32 Å². The van der Waals surface area contributed by atoms with Crippen LogP contribution >= 0.6 is 24.0 Å². The standard InChI is InChI=1S/C9H11NOS2/c11-8-7(13-9(12)10-8)6-4-2-1-3-5-6/h1-5H2,(H,10,11,12). The van der Waals surface area contributed by atoms with Crippen LogP contribution in [0.4, 0.5) is 0 Å². The molecule has 0 spiro atoms. The van der Waals surface area contributed by atoms with Crippen molar-refractivity contribution in [2.75, 3.05) is 0 Å². The Morgan fingerprint density at radius 2 is 1.92 bits per heavy atom. The molecule has 1 saturated carbocycles. The second-order valence-electron chi connectivity index (χ2n) is 3.34. The van der Waals surface area contributed by atoms with Gasteiger partial charge in [-0.15, -0.1) is 0 Å². The highest BCUT2D eigenvalue weighted by Gasteiger charge is 2.26. The lowest BCUT2D eigenvalue weighted by atomic mass is 9.94. The molecule has 2 rings (SSSR count). The molecule has 70 valence electrons. The van der Waals surface area contributed by atoms with E-state index in [1.807, 2.05) is 0 Å². The molecule has 0 aromatic carbocycles. The predicted molar refractivity (Wildman–Crippen MR) is 58.4 cm³/mol. The van der Waals surface area contributed by atoms with Crippen LogP contribution in [-0.4, -0.2) is 10.2 Å². The highest BCUT2D eigenvalue weighted by Crippen LogP contribution is 2.34. The van der Waals surface area contributed by atoms with Gasteiger partial charge in [-0.3, -0.25) is 4.79 Å². The number of thiocarbonyl (C=S) groups is 1. The quantitative estimate of drug-likeness (QED) is 0.495. The number of amides is 1. The van der Waals surface area contributed by atoms with Crippen molar-refractivity contribution in [2.24, 2.45) is 0 Å². The lowest BCUT2D eigenvalue weighted by Crippen LogP contribution is -2.18. The predicted octanol–water partition coefficient (Wildman–Crippen LogP) is 2.35. The Labute approximate surface area is 87.2 Å². The zero-order valence-corrected chi connectivity index (χ0v) is 8.89. The average Bonchev–Trinajstić information content (AvgIpc) is 2.47. The summed E-state index contributed by atoms with van der Waals surface area (Å²) in [5.74, 6) is 0.0203. The first-order valence-corrected chi connectivity index (χ1v) is 5.75. The largest absolute Gasteiger partial charge is 0.307 e. The lowest BCUT2D eigenvalue weighted by molar-refractivity contribution is -0.115. The number of carbonyl (C=O) groups excluding carboxylic acids is 1. The Bertz CT molecular complexity index is 288. The number of nitrogens with one attached hydrogen (secondary N) is 1. The number of rotatable bonds is 0. The first-order valence-electron chi connectivity index (χ1n) is 4.52. The smallest absolute Gasteiger partial charge is 0.263 e. The third-order valence-electron chi connectivity index (χ3n) is 2.39. The minimum Gasteiger partial charge on any atom is -0.307 e. The van der Waals surface area contributed by atoms with E-state index in [2.05, 4.69) is 5.32 Å². The fourth-order valence-corrected chi connectivity index (χ4v) is 2.92. The lowest BCUT2D eigenvalue weighted by Gasteiger charge is -2.14. The molecular weight excluding hydrogens is 202 g/mol. The maximum Gasteiger partial charge on any atom is 0.263 e. The third-order valence-corrected chi connectivity index (χ3v) is 3.71. The molecule has 2 fully saturated rings. The zero-order valence-electron chi connectivity index (χ0n) is 7.26. The van der Waals surface area contributed by atoms with Crippen molar-refractivity contribution in [3.8, 4) is 0 Å². The van der Waals surface area contributed by atoms with Crippen LogP contribution in [0.15, 0.2) is 10.5 Å². The molecule has 0 atom stereocenters. The summed E-state index contributed by atoms with van der Waals surface area (Å²) in [6.07, 6.45) is 5.91. The van der Waals surface area contributed by atoms with Crippen LogP contribution in [0.3, 0.4) is 0 Å². The maximum absolute atomic E-state index is 11.4. The Balaban J connectivity index is 2.21. The molecule has 0 radical (unpaired) electrons. The molecule has 0 unspecified atom stereocenters. The molecule has 2 nitrogen and oxygen atoms in total. The summed E-state index contributed by atoms with van der Waals surface area (Å²) in [7, 11) is 0. The van der Waals surface area contributed by atoms with Crippen LogP contribution in [0.1, 0.15) is 32.1 Å². The van der Waals surface area contributed by atoms with Crippen molar-refractivity contribution in [1.29, 1.82) is 0 Å². The topological polar surface area (TPSA) is 29.1 Å². The van der Waals surface area contributed by atoms with Gasteiger partial charge >= 0.3 is 0 Å². The number of allylic oxidation sites excluding steroid dienone is 1. The second kappa shape index (κ2) is 3.80. The summed E-state index contributed by atoms with van der Waals surface area (Å²) in [4.78, 5) is 12.3. The van der Waals surface area contributed by atoms with Crippen molar-refractivity contribution >= 4 is 34.2 Å². The van der Waals surface area contributed by atoms with Gasteiger partial charge in [0, 0.05) is 0 Å². The molecule has 1 N–H and O–H groups in total. The molecular formula is C9H11NOS2. The first-order chi connectivity index (χ1) is 6.27. The monoisotopic (exact) mass is 213 g/mol. The summed E-state index contributed by atoms with van der Waals surface area (Å²) in [6.45, 7) is 0. The SMILES string of the molecule is O=C1NC(=S)SC1=C1CCCCC1. The summed E-state index contributed by atoms with van der Waals surface area (Å²) in [5.41, 5.74) is 1.31. The first kappa shape index (κ1) is 9.21. The Hall–Kier alpha value is -0.350. The number of thioether (sulfide) groups is 1. The minimum absolute atomic E-state index is 0.0203. The van der Waals surface area contributed by atoms with Crippen molar-refractivity contribution in [2.45, 2.75) is 32.1 Å². The van der Waals surface area contributed by atoms with Gasteiger partial charge in [0.2, 0.25) is 0 Å². The van der Waals surface area contributed by atoms with E-state index in [4.69, 9.17) is 12.2 Å². The van der Waals surface area contributed by atoms with Gasteiger partial charge in [-0.1, -0.05) is 36.0 Å². The minimum atomic E-state index is 0.0203. The molecule has 13 heavy (non-hydrogen) atoms. The van der Waals surface area contributed by atoms with Crippen molar-refractivity contribution in [1.82, 2.24) is 5.32 Å². The van der Waals surface area contributed by atoms with Crippen LogP contribution < -0.4 is 5.32 Å². The number of hydrogen-bond acceptors (Lipinski definition) is 3. The van der Waals surface area contributed by atoms with Crippen LogP contribution in [0, 0.1) is 0 Å². The number of hydrogen-bond donors (Lipinski definition) is 1. The summed E-state index contributed by atoms with van der Waals surface area (Å²) < 4.78 is 0.609. The molecule has 4 heteroatoms. The van der Waals surface area contributed by atoms with Gasteiger partial charge < -0.3 is 5.32 Å². The Morgan fingerprint density at radius 1 is 1.23 bits per heavy atom. The van der Waals surface area contributed by atoms with Crippen LogP contribution in [0.5, 0.6) is 0 Å². The van der Waals surface area contributed by atoms with Crippen LogP contribution in [-0.2, 0) is 4.79 Å². The van der Waals surface area contributed by atoms with Gasteiger partial charge in [-0.2, -0.15) is 0 Å². The van der Waals surface area contributed by atoms with E-state index in [1.54, 1.807) is 0 Å². The summed E-state index contributed by atoms with van der Waals surface area (Å²) in [5, 5.41) is 2.66. The highest BCUT2D eigenvalue weighted by atomic mass is 32.2. The summed E-state index contributed by atoms with van der Waals surface area (Å²) >= 11 is 6.37. The highest BCUT2D eigenvalue weighted by molar-refractivity contribution is 8.26. The molecule has 0 aromatic heterocycles. The van der Waals surface area contributed by atoms with E-state index < -0.39 is 0 Å². The van der Waals surface area contributed by atoms with Crippen molar-refractivity contribution < 1.29 is 4.79 Å². The summed E-state index contributed by atoms with van der Waals surface area (Å²) in [6, 6.07) is 0. The molecule has 1 heterocycles. The fourth-order valence-electron chi connectivity index (χ4n) is 1.75. The normalized spacial score (nSPS) is 23.7. The van der Waals surface area contributed by atoms with Gasteiger partial charge in [-0.05, 0) is 25.7 Å². The molecule has 1 saturated heterocycles. The molecule has 0 aromatic rings. The number of carbonyl (C=O) groups is 1. The molecule has 2 aliphatic rings. The molecule has 1 aliphatic heterocycles. The molecule has 1 amide bonds. The van der Waals surface area contributed by atoms with Gasteiger partial charge in [0.1, 0.15) is 4.32 Å². The van der Waals surface area contributed by atoms with E-state index >= 15 is 0 Å². The third kappa shape index (κ3) is 1.94. The van der Waals surface area contributed by atoms with Gasteiger partial charge in [0.25, 0.3) is 5.91 Å². The Kier molecular flexibility index (Phi) is 2.69. The molecule has 1 aliphatic carbocycles. The van der Waals surface area contributed by atoms with Crippen molar-refractivity contribution in [3.05, 3.63) is 10.5 Å². The van der Waals surface area contributed by atoms with Gasteiger partial charge in [-0.25, -0.2) is 0 Å². The Morgan fingerprint density at radius 3 is 2.46 bits per heavy atom. The molecule has 0 bridgehead atoms. The average molecular weight is 213 g/mol. The van der Waals surface area contributed by atoms with Crippen molar-refractivity contribution in [3.63, 3.8) is 0 Å².